The van der Waals surface area contributed by atoms with Gasteiger partial charge in [-0.05, 0) is 30.2 Å². The van der Waals surface area contributed by atoms with Gasteiger partial charge < -0.3 is 15.4 Å². The molecule has 0 bridgehead atoms. The Hall–Kier alpha value is -1.60. The van der Waals surface area contributed by atoms with Gasteiger partial charge in [0, 0.05) is 16.9 Å². The predicted octanol–water partition coefficient (Wildman–Crippen LogP) is 3.77. The van der Waals surface area contributed by atoms with Crippen LogP contribution in [0.5, 0.6) is 5.75 Å². The molecule has 0 spiro atoms. The molecule has 2 N–H and O–H groups in total. The van der Waals surface area contributed by atoms with Crippen molar-refractivity contribution in [1.82, 2.24) is 15.6 Å². The Kier molecular flexibility index (Phi) is 7.52. The minimum absolute atomic E-state index is 0.461. The Labute approximate surface area is 155 Å². The second kappa shape index (κ2) is 9.64. The van der Waals surface area contributed by atoms with Crippen LogP contribution >= 0.6 is 27.3 Å². The van der Waals surface area contributed by atoms with Crippen molar-refractivity contribution in [2.75, 3.05) is 20.2 Å². The fourth-order valence-corrected chi connectivity index (χ4v) is 3.08. The van der Waals surface area contributed by atoms with Crippen molar-refractivity contribution in [3.8, 4) is 5.75 Å². The molecule has 2 aromatic rings. The van der Waals surface area contributed by atoms with Gasteiger partial charge in [0.05, 0.1) is 18.8 Å². The van der Waals surface area contributed by atoms with Crippen LogP contribution in [0.1, 0.15) is 30.5 Å². The maximum atomic E-state index is 5.67. The number of hydrogen-bond acceptors (Lipinski definition) is 4. The summed E-state index contributed by atoms with van der Waals surface area (Å²) >= 11 is 5.08. The van der Waals surface area contributed by atoms with Crippen molar-refractivity contribution >= 4 is 33.2 Å². The molecule has 0 unspecified atom stereocenters. The number of aliphatic imine (C=N–C) groups is 1. The molecular weight excluding hydrogens is 388 g/mol. The van der Waals surface area contributed by atoms with Crippen molar-refractivity contribution in [1.29, 1.82) is 0 Å². The highest BCUT2D eigenvalue weighted by atomic mass is 79.9. The van der Waals surface area contributed by atoms with E-state index in [0.717, 1.165) is 26.9 Å². The van der Waals surface area contributed by atoms with E-state index in [0.29, 0.717) is 25.6 Å². The van der Waals surface area contributed by atoms with Gasteiger partial charge in [0.1, 0.15) is 17.4 Å². The largest absolute Gasteiger partial charge is 0.492 e. The Bertz CT molecular complexity index is 655. The number of nitrogens with one attached hydrogen (secondary N) is 2. The molecule has 0 radical (unpaired) electrons. The Morgan fingerprint density at radius 2 is 2.04 bits per heavy atom. The number of nitrogens with zero attached hydrogens (tertiary/aromatic N) is 2. The van der Waals surface area contributed by atoms with Crippen LogP contribution in [0.3, 0.4) is 0 Å². The van der Waals surface area contributed by atoms with Crippen LogP contribution in [0.15, 0.2) is 39.1 Å². The first kappa shape index (κ1) is 18.7. The van der Waals surface area contributed by atoms with E-state index in [-0.39, 0.29) is 0 Å². The van der Waals surface area contributed by atoms with Gasteiger partial charge in [-0.25, -0.2) is 4.98 Å². The van der Waals surface area contributed by atoms with Crippen molar-refractivity contribution in [3.63, 3.8) is 0 Å². The summed E-state index contributed by atoms with van der Waals surface area (Å²) in [5.74, 6) is 2.06. The first-order valence-electron chi connectivity index (χ1n) is 7.85. The van der Waals surface area contributed by atoms with Gasteiger partial charge >= 0.3 is 0 Å². The molecule has 0 aliphatic carbocycles. The summed E-state index contributed by atoms with van der Waals surface area (Å²) in [4.78, 5) is 8.81. The summed E-state index contributed by atoms with van der Waals surface area (Å²) in [6, 6.07) is 7.79. The SMILES string of the molecule is CN=C(NCCOc1ccc(Br)cc1)NCc1nc(C(C)C)cs1. The lowest BCUT2D eigenvalue weighted by molar-refractivity contribution is 0.322. The zero-order valence-electron chi connectivity index (χ0n) is 14.2. The molecule has 0 amide bonds. The molecule has 1 aromatic carbocycles. The quantitative estimate of drug-likeness (QED) is 0.414. The Balaban J connectivity index is 1.69. The number of halogens is 1. The van der Waals surface area contributed by atoms with Crippen molar-refractivity contribution in [2.24, 2.45) is 4.99 Å². The molecule has 2 rings (SSSR count). The normalized spacial score (nSPS) is 11.6. The lowest BCUT2D eigenvalue weighted by Crippen LogP contribution is -2.38. The summed E-state index contributed by atoms with van der Waals surface area (Å²) in [7, 11) is 1.76. The van der Waals surface area contributed by atoms with Crippen LogP contribution in [-0.2, 0) is 6.54 Å². The van der Waals surface area contributed by atoms with E-state index in [9.17, 15) is 0 Å². The van der Waals surface area contributed by atoms with Crippen LogP contribution in [0.2, 0.25) is 0 Å². The first-order chi connectivity index (χ1) is 11.6. The molecule has 0 aliphatic rings. The third-order valence-electron chi connectivity index (χ3n) is 3.27. The van der Waals surface area contributed by atoms with Gasteiger partial charge in [-0.3, -0.25) is 4.99 Å². The smallest absolute Gasteiger partial charge is 0.191 e. The highest BCUT2D eigenvalue weighted by Gasteiger charge is 2.06. The third kappa shape index (κ3) is 6.13. The monoisotopic (exact) mass is 410 g/mol. The number of hydrogen-bond donors (Lipinski definition) is 2. The number of benzene rings is 1. The minimum Gasteiger partial charge on any atom is -0.492 e. The first-order valence-corrected chi connectivity index (χ1v) is 9.53. The van der Waals surface area contributed by atoms with Crippen molar-refractivity contribution in [3.05, 3.63) is 44.8 Å². The molecule has 1 heterocycles. The van der Waals surface area contributed by atoms with Gasteiger partial charge in [-0.1, -0.05) is 29.8 Å². The van der Waals surface area contributed by atoms with Gasteiger partial charge in [0.25, 0.3) is 0 Å². The topological polar surface area (TPSA) is 58.5 Å². The molecule has 0 fully saturated rings. The van der Waals surface area contributed by atoms with Crippen molar-refractivity contribution in [2.45, 2.75) is 26.3 Å². The molecule has 0 saturated carbocycles. The van der Waals surface area contributed by atoms with E-state index in [1.54, 1.807) is 18.4 Å². The van der Waals surface area contributed by atoms with Crippen molar-refractivity contribution < 1.29 is 4.74 Å². The highest BCUT2D eigenvalue weighted by molar-refractivity contribution is 9.10. The molecule has 0 saturated heterocycles. The summed E-state index contributed by atoms with van der Waals surface area (Å²) in [5.41, 5.74) is 1.14. The number of rotatable bonds is 7. The Morgan fingerprint density at radius 3 is 2.67 bits per heavy atom. The lowest BCUT2D eigenvalue weighted by atomic mass is 10.2. The third-order valence-corrected chi connectivity index (χ3v) is 4.66. The average Bonchev–Trinajstić information content (AvgIpc) is 3.05. The fourth-order valence-electron chi connectivity index (χ4n) is 1.92. The lowest BCUT2D eigenvalue weighted by Gasteiger charge is -2.11. The molecule has 1 aromatic heterocycles. The molecule has 0 atom stereocenters. The number of aromatic nitrogens is 1. The fraction of sp³-hybridized carbons (Fsp3) is 0.412. The molecule has 5 nitrogen and oxygen atoms in total. The predicted molar refractivity (Wildman–Crippen MR) is 104 cm³/mol. The standard InChI is InChI=1S/C17H23BrN4OS/c1-12(2)15-11-24-16(22-15)10-21-17(19-3)20-8-9-23-14-6-4-13(18)5-7-14/h4-7,11-12H,8-10H2,1-3H3,(H2,19,20,21). The molecule has 130 valence electrons. The van der Waals surface area contributed by atoms with Crippen LogP contribution in [-0.4, -0.2) is 31.1 Å². The summed E-state index contributed by atoms with van der Waals surface area (Å²) < 4.78 is 6.71. The average molecular weight is 411 g/mol. The van der Waals surface area contributed by atoms with E-state index in [4.69, 9.17) is 4.74 Å². The summed E-state index contributed by atoms with van der Waals surface area (Å²) in [6.07, 6.45) is 0. The van der Waals surface area contributed by atoms with Crippen LogP contribution in [0.25, 0.3) is 0 Å². The maximum absolute atomic E-state index is 5.67. The highest BCUT2D eigenvalue weighted by Crippen LogP contribution is 2.17. The van der Waals surface area contributed by atoms with Gasteiger partial charge in [-0.15, -0.1) is 11.3 Å². The summed E-state index contributed by atoms with van der Waals surface area (Å²) in [6.45, 7) is 6.21. The Morgan fingerprint density at radius 1 is 1.29 bits per heavy atom. The van der Waals surface area contributed by atoms with Crippen LogP contribution < -0.4 is 15.4 Å². The maximum Gasteiger partial charge on any atom is 0.191 e. The van der Waals surface area contributed by atoms with Gasteiger partial charge in [-0.2, -0.15) is 0 Å². The van der Waals surface area contributed by atoms with Gasteiger partial charge in [0.2, 0.25) is 0 Å². The zero-order valence-corrected chi connectivity index (χ0v) is 16.6. The van der Waals surface area contributed by atoms with E-state index >= 15 is 0 Å². The molecular formula is C17H23BrN4OS. The molecule has 24 heavy (non-hydrogen) atoms. The minimum atomic E-state index is 0.461. The van der Waals surface area contributed by atoms with E-state index in [2.05, 4.69) is 55.8 Å². The zero-order chi connectivity index (χ0) is 17.4. The van der Waals surface area contributed by atoms with E-state index in [1.165, 1.54) is 0 Å². The van der Waals surface area contributed by atoms with E-state index < -0.39 is 0 Å². The molecule has 7 heteroatoms. The van der Waals surface area contributed by atoms with Crippen LogP contribution in [0, 0.1) is 0 Å². The molecule has 0 aliphatic heterocycles. The van der Waals surface area contributed by atoms with Gasteiger partial charge in [0.15, 0.2) is 5.96 Å². The number of guanidine groups is 1. The summed E-state index contributed by atoms with van der Waals surface area (Å²) in [5, 5.41) is 9.68. The number of thiazole rings is 1. The van der Waals surface area contributed by atoms with Crippen LogP contribution in [0.4, 0.5) is 0 Å². The number of ether oxygens (including phenoxy) is 1. The van der Waals surface area contributed by atoms with E-state index in [1.807, 2.05) is 24.3 Å². The second-order valence-electron chi connectivity index (χ2n) is 5.48. The second-order valence-corrected chi connectivity index (χ2v) is 7.33.